The normalized spacial score (nSPS) is 59.5. The van der Waals surface area contributed by atoms with Crippen LogP contribution in [0.15, 0.2) is 0 Å². The summed E-state index contributed by atoms with van der Waals surface area (Å²) in [7, 11) is 0. The van der Waals surface area contributed by atoms with Gasteiger partial charge in [0.2, 0.25) is 0 Å². The van der Waals surface area contributed by atoms with Gasteiger partial charge in [-0.25, -0.2) is 0 Å². The van der Waals surface area contributed by atoms with Gasteiger partial charge in [0.25, 0.3) is 0 Å². The molecule has 0 aromatic heterocycles. The van der Waals surface area contributed by atoms with Crippen molar-refractivity contribution in [3.8, 4) is 0 Å². The quantitative estimate of drug-likeness (QED) is 0.482. The lowest BCUT2D eigenvalue weighted by molar-refractivity contribution is -0.162. The Kier molecular flexibility index (Phi) is 3.70. The van der Waals surface area contributed by atoms with Gasteiger partial charge in [-0.15, -0.1) is 0 Å². The second kappa shape index (κ2) is 5.33. The van der Waals surface area contributed by atoms with E-state index in [4.69, 9.17) is 0 Å². The maximum Gasteiger partial charge on any atom is -0.0189 e. The molecule has 2 bridgehead atoms. The van der Waals surface area contributed by atoms with Crippen LogP contribution in [0.25, 0.3) is 0 Å². The zero-order valence-electron chi connectivity index (χ0n) is 18.6. The van der Waals surface area contributed by atoms with Gasteiger partial charge in [0.15, 0.2) is 0 Å². The van der Waals surface area contributed by atoms with Crippen molar-refractivity contribution in [2.24, 2.45) is 69.5 Å². The predicted molar refractivity (Wildman–Crippen MR) is 111 cm³/mol. The van der Waals surface area contributed by atoms with Gasteiger partial charge in [0.1, 0.15) is 0 Å². The van der Waals surface area contributed by atoms with Gasteiger partial charge >= 0.3 is 0 Å². The van der Waals surface area contributed by atoms with Crippen molar-refractivity contribution in [3.63, 3.8) is 0 Å². The summed E-state index contributed by atoms with van der Waals surface area (Å²) in [6.45, 7) is 18.4. The zero-order chi connectivity index (χ0) is 18.6. The van der Waals surface area contributed by atoms with Crippen molar-refractivity contribution in [2.75, 3.05) is 0 Å². The summed E-state index contributed by atoms with van der Waals surface area (Å²) in [5, 5.41) is 0. The zero-order valence-corrected chi connectivity index (χ0v) is 18.6. The molecule has 26 heavy (non-hydrogen) atoms. The molecule has 0 aromatic rings. The highest BCUT2D eigenvalue weighted by Crippen LogP contribution is 2.82. The second-order valence-electron chi connectivity index (χ2n) is 13.1. The van der Waals surface area contributed by atoms with E-state index in [-0.39, 0.29) is 0 Å². The summed E-state index contributed by atoms with van der Waals surface area (Å²) >= 11 is 0. The molecule has 5 rings (SSSR count). The topological polar surface area (TPSA) is 0 Å². The first-order valence-corrected chi connectivity index (χ1v) is 12.1. The van der Waals surface area contributed by atoms with Gasteiger partial charge in [-0.1, -0.05) is 48.5 Å². The van der Waals surface area contributed by atoms with Gasteiger partial charge in [0.05, 0.1) is 0 Å². The fraction of sp³-hybridized carbons (Fsp3) is 1.00. The van der Waals surface area contributed by atoms with E-state index in [0.717, 1.165) is 53.3 Å². The summed E-state index contributed by atoms with van der Waals surface area (Å²) in [6.07, 6.45) is 10.7. The van der Waals surface area contributed by atoms with Crippen molar-refractivity contribution in [2.45, 2.75) is 93.4 Å². The molecule has 5 fully saturated rings. The number of fused-ring (bicyclic) bond motifs is 10. The van der Waals surface area contributed by atoms with Crippen molar-refractivity contribution in [3.05, 3.63) is 0 Å². The van der Waals surface area contributed by atoms with Crippen LogP contribution in [-0.4, -0.2) is 0 Å². The van der Waals surface area contributed by atoms with Crippen molar-refractivity contribution in [1.82, 2.24) is 0 Å². The summed E-state index contributed by atoms with van der Waals surface area (Å²) in [5.74, 6) is 9.36. The van der Waals surface area contributed by atoms with E-state index in [1.165, 1.54) is 25.7 Å². The van der Waals surface area contributed by atoms with Crippen LogP contribution >= 0.6 is 0 Å². The number of hydrogen-bond donors (Lipinski definition) is 0. The van der Waals surface area contributed by atoms with Crippen LogP contribution in [0.1, 0.15) is 93.4 Å². The lowest BCUT2D eigenvalue weighted by atomic mass is 9.41. The molecule has 10 unspecified atom stereocenters. The third-order valence-electron chi connectivity index (χ3n) is 11.8. The molecule has 0 amide bonds. The Bertz CT molecular complexity index is 587. The molecule has 0 radical (unpaired) electrons. The third-order valence-corrected chi connectivity index (χ3v) is 11.8. The summed E-state index contributed by atoms with van der Waals surface area (Å²) in [6, 6.07) is 0. The smallest absolute Gasteiger partial charge is 0.0189 e. The minimum Gasteiger partial charge on any atom is -0.0628 e. The fourth-order valence-corrected chi connectivity index (χ4v) is 10.6. The monoisotopic (exact) mass is 356 g/mol. The minimum atomic E-state index is 0.539. The number of hydrogen-bond acceptors (Lipinski definition) is 0. The van der Waals surface area contributed by atoms with Gasteiger partial charge in [-0.05, 0) is 114 Å². The SMILES string of the molecule is CC(C)CC1CCC2C1C1C3CC(C)(C21)C1(C)C(CCC1(C)C)CC3C. The molecule has 0 aliphatic heterocycles. The summed E-state index contributed by atoms with van der Waals surface area (Å²) in [5.41, 5.74) is 1.73. The molecule has 10 atom stereocenters. The first kappa shape index (κ1) is 18.1. The van der Waals surface area contributed by atoms with Crippen molar-refractivity contribution >= 4 is 0 Å². The standard InChI is InChI=1S/C26H44/c1-15(2)12-17-8-9-19-21(17)22-20-14-25(6,23(19)22)26(7)18(13-16(20)3)10-11-24(26,4)5/h15-23H,8-14H2,1-7H3. The molecule has 5 saturated carbocycles. The first-order valence-electron chi connectivity index (χ1n) is 12.1. The van der Waals surface area contributed by atoms with E-state index in [2.05, 4.69) is 48.5 Å². The molecular weight excluding hydrogens is 312 g/mol. The average Bonchev–Trinajstić information content (AvgIpc) is 3.03. The van der Waals surface area contributed by atoms with Crippen LogP contribution in [0.5, 0.6) is 0 Å². The molecule has 0 N–H and O–H groups in total. The van der Waals surface area contributed by atoms with Crippen LogP contribution in [-0.2, 0) is 0 Å². The highest BCUT2D eigenvalue weighted by atomic mass is 14.8. The van der Waals surface area contributed by atoms with Gasteiger partial charge in [-0.3, -0.25) is 0 Å². The van der Waals surface area contributed by atoms with Crippen LogP contribution in [0.4, 0.5) is 0 Å². The molecule has 5 aliphatic rings. The van der Waals surface area contributed by atoms with Gasteiger partial charge in [-0.2, -0.15) is 0 Å². The Labute approximate surface area is 163 Å². The average molecular weight is 357 g/mol. The van der Waals surface area contributed by atoms with Crippen molar-refractivity contribution in [1.29, 1.82) is 0 Å². The fourth-order valence-electron chi connectivity index (χ4n) is 10.6. The van der Waals surface area contributed by atoms with Crippen LogP contribution in [0.3, 0.4) is 0 Å². The van der Waals surface area contributed by atoms with E-state index >= 15 is 0 Å². The highest BCUT2D eigenvalue weighted by Gasteiger charge is 2.76. The Morgan fingerprint density at radius 1 is 0.923 bits per heavy atom. The van der Waals surface area contributed by atoms with Crippen LogP contribution in [0.2, 0.25) is 0 Å². The van der Waals surface area contributed by atoms with Crippen LogP contribution in [0, 0.1) is 69.5 Å². The van der Waals surface area contributed by atoms with Gasteiger partial charge in [0, 0.05) is 0 Å². The molecule has 5 aliphatic carbocycles. The summed E-state index contributed by atoms with van der Waals surface area (Å²) < 4.78 is 0. The summed E-state index contributed by atoms with van der Waals surface area (Å²) in [4.78, 5) is 0. The molecule has 0 nitrogen and oxygen atoms in total. The Hall–Kier alpha value is 0. The largest absolute Gasteiger partial charge is 0.0628 e. The van der Waals surface area contributed by atoms with E-state index < -0.39 is 0 Å². The van der Waals surface area contributed by atoms with E-state index in [9.17, 15) is 0 Å². The molecule has 0 heterocycles. The first-order chi connectivity index (χ1) is 12.1. The molecule has 0 heteroatoms. The second-order valence-corrected chi connectivity index (χ2v) is 13.1. The maximum atomic E-state index is 2.80. The van der Waals surface area contributed by atoms with Gasteiger partial charge < -0.3 is 0 Å². The van der Waals surface area contributed by atoms with Crippen molar-refractivity contribution < 1.29 is 0 Å². The molecular formula is C26H44. The molecule has 0 spiro atoms. The Morgan fingerprint density at radius 3 is 2.35 bits per heavy atom. The maximum absolute atomic E-state index is 2.80. The third kappa shape index (κ3) is 1.89. The Morgan fingerprint density at radius 2 is 1.65 bits per heavy atom. The highest BCUT2D eigenvalue weighted by molar-refractivity contribution is 5.24. The molecule has 148 valence electrons. The van der Waals surface area contributed by atoms with E-state index in [1.807, 2.05) is 0 Å². The lowest BCUT2D eigenvalue weighted by Crippen LogP contribution is -2.59. The number of rotatable bonds is 2. The molecule has 0 aromatic carbocycles. The lowest BCUT2D eigenvalue weighted by Gasteiger charge is -2.63. The van der Waals surface area contributed by atoms with Crippen LogP contribution < -0.4 is 0 Å². The minimum absolute atomic E-state index is 0.539. The Balaban J connectivity index is 1.55. The van der Waals surface area contributed by atoms with E-state index in [1.54, 1.807) is 19.3 Å². The predicted octanol–water partition coefficient (Wildman–Crippen LogP) is 7.43. The van der Waals surface area contributed by atoms with E-state index in [0.29, 0.717) is 16.2 Å². The molecule has 0 saturated heterocycles.